The van der Waals surface area contributed by atoms with Gasteiger partial charge in [-0.1, -0.05) is 42.1 Å². The molecular weight excluding hydrogens is 364 g/mol. The minimum atomic E-state index is -0.296. The molecule has 0 aliphatic rings. The Kier molecular flexibility index (Phi) is 6.32. The Bertz CT molecular complexity index is 882. The molecule has 1 heterocycles. The van der Waals surface area contributed by atoms with Gasteiger partial charge in [-0.05, 0) is 36.8 Å². The van der Waals surface area contributed by atoms with Gasteiger partial charge < -0.3 is 9.47 Å². The van der Waals surface area contributed by atoms with Crippen molar-refractivity contribution in [1.29, 1.82) is 0 Å². The smallest absolute Gasteiger partial charge is 0.276 e. The number of hydrogen-bond donors (Lipinski definition) is 1. The Hall–Kier alpha value is -3.00. The van der Waals surface area contributed by atoms with E-state index >= 15 is 0 Å². The van der Waals surface area contributed by atoms with Crippen molar-refractivity contribution in [2.75, 3.05) is 19.1 Å². The highest BCUT2D eigenvalue weighted by molar-refractivity contribution is 7.98. The number of ether oxygens (including phenoxy) is 2. The quantitative estimate of drug-likeness (QED) is 0.602. The zero-order chi connectivity index (χ0) is 19.1. The van der Waals surface area contributed by atoms with Crippen LogP contribution in [0.2, 0.25) is 0 Å². The van der Waals surface area contributed by atoms with Gasteiger partial charge in [0.2, 0.25) is 5.16 Å². The van der Waals surface area contributed by atoms with Crippen LogP contribution in [-0.4, -0.2) is 34.5 Å². The fourth-order valence-corrected chi connectivity index (χ4v) is 3.16. The van der Waals surface area contributed by atoms with Crippen molar-refractivity contribution >= 4 is 17.7 Å². The Morgan fingerprint density at radius 3 is 2.48 bits per heavy atom. The first-order chi connectivity index (χ1) is 13.2. The van der Waals surface area contributed by atoms with Crippen molar-refractivity contribution in [1.82, 2.24) is 14.9 Å². The average Bonchev–Trinajstić information content (AvgIpc) is 3.05. The molecule has 0 saturated carbocycles. The van der Waals surface area contributed by atoms with Crippen LogP contribution in [-0.2, 0) is 10.5 Å². The summed E-state index contributed by atoms with van der Waals surface area (Å²) in [6.07, 6.45) is 0. The topological polar surface area (TPSA) is 78.3 Å². The van der Waals surface area contributed by atoms with Crippen molar-refractivity contribution < 1.29 is 14.3 Å². The van der Waals surface area contributed by atoms with E-state index in [1.54, 1.807) is 43.0 Å². The highest BCUT2D eigenvalue weighted by atomic mass is 32.2. The highest BCUT2D eigenvalue weighted by Crippen LogP contribution is 2.21. The van der Waals surface area contributed by atoms with Gasteiger partial charge in [0.15, 0.2) is 6.61 Å². The van der Waals surface area contributed by atoms with Gasteiger partial charge in [0.05, 0.1) is 7.11 Å². The summed E-state index contributed by atoms with van der Waals surface area (Å²) in [6, 6.07) is 17.1. The van der Waals surface area contributed by atoms with Crippen molar-refractivity contribution in [2.24, 2.45) is 0 Å². The summed E-state index contributed by atoms with van der Waals surface area (Å²) in [6.45, 7) is 1.66. The van der Waals surface area contributed by atoms with Gasteiger partial charge in [-0.15, -0.1) is 10.2 Å². The van der Waals surface area contributed by atoms with Crippen LogP contribution in [0.4, 0.5) is 0 Å². The fourth-order valence-electron chi connectivity index (χ4n) is 2.27. The number of rotatable bonds is 8. The molecule has 0 saturated heterocycles. The molecule has 0 spiro atoms. The van der Waals surface area contributed by atoms with Crippen molar-refractivity contribution in [3.05, 3.63) is 66.0 Å². The molecule has 27 heavy (non-hydrogen) atoms. The zero-order valence-corrected chi connectivity index (χ0v) is 15.9. The van der Waals surface area contributed by atoms with Crippen molar-refractivity contribution in [3.63, 3.8) is 0 Å². The maximum Gasteiger partial charge on any atom is 0.276 e. The fraction of sp³-hybridized carbons (Fsp3) is 0.211. The van der Waals surface area contributed by atoms with E-state index in [1.165, 1.54) is 17.3 Å². The molecule has 0 bridgehead atoms. The number of nitrogens with one attached hydrogen (secondary N) is 1. The molecule has 0 radical (unpaired) electrons. The molecule has 0 aliphatic heterocycles. The summed E-state index contributed by atoms with van der Waals surface area (Å²) in [4.78, 5) is 12.2. The summed E-state index contributed by atoms with van der Waals surface area (Å²) in [5.74, 6) is 2.35. The number of carbonyl (C=O) groups is 1. The third-order valence-corrected chi connectivity index (χ3v) is 4.67. The standard InChI is InChI=1S/C19H20N4O3S/c1-14-20-21-19(27-13-15-6-4-3-5-7-15)23(14)22-18(24)12-26-17-10-8-16(25-2)9-11-17/h3-11H,12-13H2,1-2H3,(H,22,24). The maximum atomic E-state index is 12.2. The molecule has 140 valence electrons. The molecule has 0 aliphatic carbocycles. The molecule has 3 aromatic rings. The first-order valence-corrected chi connectivity index (χ1v) is 9.29. The van der Waals surface area contributed by atoms with Crippen LogP contribution < -0.4 is 14.9 Å². The first kappa shape index (κ1) is 18.8. The number of hydrogen-bond acceptors (Lipinski definition) is 6. The third kappa shape index (κ3) is 5.24. The predicted octanol–water partition coefficient (Wildman–Crippen LogP) is 3.04. The molecule has 0 atom stereocenters. The molecule has 2 aromatic carbocycles. The normalized spacial score (nSPS) is 10.4. The van der Waals surface area contributed by atoms with E-state index in [0.717, 1.165) is 11.5 Å². The van der Waals surface area contributed by atoms with Crippen LogP contribution in [0, 0.1) is 6.92 Å². The van der Waals surface area contributed by atoms with E-state index in [1.807, 2.05) is 30.3 Å². The van der Waals surface area contributed by atoms with Gasteiger partial charge in [-0.25, -0.2) is 4.68 Å². The molecule has 0 unspecified atom stereocenters. The lowest BCUT2D eigenvalue weighted by atomic mass is 10.2. The third-order valence-electron chi connectivity index (χ3n) is 3.67. The van der Waals surface area contributed by atoms with Gasteiger partial charge in [0.25, 0.3) is 5.91 Å². The van der Waals surface area contributed by atoms with Crippen LogP contribution in [0.3, 0.4) is 0 Å². The number of aryl methyl sites for hydroxylation is 1. The number of benzene rings is 2. The van der Waals surface area contributed by atoms with E-state index in [2.05, 4.69) is 15.6 Å². The average molecular weight is 384 g/mol. The minimum Gasteiger partial charge on any atom is -0.497 e. The van der Waals surface area contributed by atoms with Crippen LogP contribution in [0.1, 0.15) is 11.4 Å². The number of amides is 1. The second-order valence-corrected chi connectivity index (χ2v) is 6.58. The van der Waals surface area contributed by atoms with Gasteiger partial charge in [-0.3, -0.25) is 10.2 Å². The molecular formula is C19H20N4O3S. The summed E-state index contributed by atoms with van der Waals surface area (Å²) in [5, 5.41) is 8.79. The number of thioether (sulfide) groups is 1. The molecule has 1 N–H and O–H groups in total. The number of methoxy groups -OCH3 is 1. The zero-order valence-electron chi connectivity index (χ0n) is 15.1. The Morgan fingerprint density at radius 1 is 1.07 bits per heavy atom. The van der Waals surface area contributed by atoms with Crippen molar-refractivity contribution in [2.45, 2.75) is 17.8 Å². The molecule has 1 aromatic heterocycles. The molecule has 1 amide bonds. The Morgan fingerprint density at radius 2 is 1.78 bits per heavy atom. The van der Waals surface area contributed by atoms with E-state index in [-0.39, 0.29) is 12.5 Å². The summed E-state index contributed by atoms with van der Waals surface area (Å²) in [5.41, 5.74) is 3.94. The van der Waals surface area contributed by atoms with E-state index < -0.39 is 0 Å². The SMILES string of the molecule is COc1ccc(OCC(=O)Nn2c(C)nnc2SCc2ccccc2)cc1. The lowest BCUT2D eigenvalue weighted by Gasteiger charge is -2.11. The predicted molar refractivity (Wildman–Crippen MR) is 104 cm³/mol. The Balaban J connectivity index is 1.56. The lowest BCUT2D eigenvalue weighted by molar-refractivity contribution is -0.119. The molecule has 8 heteroatoms. The summed E-state index contributed by atoms with van der Waals surface area (Å²) in [7, 11) is 1.60. The number of nitrogens with zero attached hydrogens (tertiary/aromatic N) is 3. The Labute approximate surface area is 161 Å². The van der Waals surface area contributed by atoms with Gasteiger partial charge in [0.1, 0.15) is 17.3 Å². The monoisotopic (exact) mass is 384 g/mol. The van der Waals surface area contributed by atoms with Crippen LogP contribution in [0.5, 0.6) is 11.5 Å². The summed E-state index contributed by atoms with van der Waals surface area (Å²) < 4.78 is 12.2. The first-order valence-electron chi connectivity index (χ1n) is 8.31. The van der Waals surface area contributed by atoms with Crippen molar-refractivity contribution in [3.8, 4) is 11.5 Å². The van der Waals surface area contributed by atoms with Gasteiger partial charge >= 0.3 is 0 Å². The molecule has 0 fully saturated rings. The van der Waals surface area contributed by atoms with E-state index in [9.17, 15) is 4.79 Å². The van der Waals surface area contributed by atoms with Gasteiger partial charge in [-0.2, -0.15) is 0 Å². The summed E-state index contributed by atoms with van der Waals surface area (Å²) >= 11 is 1.50. The lowest BCUT2D eigenvalue weighted by Crippen LogP contribution is -2.29. The number of aromatic nitrogens is 3. The second-order valence-electron chi connectivity index (χ2n) is 5.64. The largest absolute Gasteiger partial charge is 0.497 e. The number of carbonyl (C=O) groups excluding carboxylic acids is 1. The molecule has 7 nitrogen and oxygen atoms in total. The minimum absolute atomic E-state index is 0.118. The highest BCUT2D eigenvalue weighted by Gasteiger charge is 2.13. The van der Waals surface area contributed by atoms with E-state index in [0.29, 0.717) is 16.7 Å². The van der Waals surface area contributed by atoms with Crippen LogP contribution in [0.25, 0.3) is 0 Å². The maximum absolute atomic E-state index is 12.2. The van der Waals surface area contributed by atoms with Crippen LogP contribution >= 0.6 is 11.8 Å². The van der Waals surface area contributed by atoms with E-state index in [4.69, 9.17) is 9.47 Å². The molecule has 3 rings (SSSR count). The van der Waals surface area contributed by atoms with Gasteiger partial charge in [0, 0.05) is 5.75 Å². The second kappa shape index (κ2) is 9.09. The van der Waals surface area contributed by atoms with Crippen LogP contribution in [0.15, 0.2) is 59.8 Å².